The number of aliphatic carboxylic acids is 2. The molecule has 0 fully saturated rings. The molecule has 0 aliphatic heterocycles. The summed E-state index contributed by atoms with van der Waals surface area (Å²) >= 11 is 0. The van der Waals surface area contributed by atoms with Gasteiger partial charge < -0.3 is 20.8 Å². The number of nitrogens with one attached hydrogen (secondary N) is 2. The molecule has 0 aromatic carbocycles. The summed E-state index contributed by atoms with van der Waals surface area (Å²) in [5, 5.41) is 22.0. The van der Waals surface area contributed by atoms with E-state index in [9.17, 15) is 19.2 Å². The normalized spacial score (nSPS) is 10.9. The van der Waals surface area contributed by atoms with Gasteiger partial charge in [0.15, 0.2) is 0 Å². The highest BCUT2D eigenvalue weighted by Gasteiger charge is 1.98. The Balaban J connectivity index is 3.34. The zero-order chi connectivity index (χ0) is 19.6. The van der Waals surface area contributed by atoms with Gasteiger partial charge in [0.25, 0.3) is 0 Å². The summed E-state index contributed by atoms with van der Waals surface area (Å²) in [5.41, 5.74) is 0. The van der Waals surface area contributed by atoms with Gasteiger partial charge in [-0.25, -0.2) is 9.59 Å². The van der Waals surface area contributed by atoms with Crippen LogP contribution in [0.1, 0.15) is 51.4 Å². The van der Waals surface area contributed by atoms with Crippen LogP contribution >= 0.6 is 0 Å². The van der Waals surface area contributed by atoms with Crippen LogP contribution in [0.2, 0.25) is 0 Å². The van der Waals surface area contributed by atoms with Crippen LogP contribution in [0.25, 0.3) is 0 Å². The van der Waals surface area contributed by atoms with E-state index in [-0.39, 0.29) is 0 Å². The molecule has 26 heavy (non-hydrogen) atoms. The van der Waals surface area contributed by atoms with Crippen molar-refractivity contribution in [2.45, 2.75) is 51.4 Å². The molecular weight excluding hydrogens is 340 g/mol. The highest BCUT2D eigenvalue weighted by atomic mass is 16.4. The van der Waals surface area contributed by atoms with Gasteiger partial charge in [0.2, 0.25) is 11.8 Å². The standard InChI is InChI=1S/C18H28N2O6/c21-15(9-11-17(23)24)19-13-7-5-3-1-2-4-6-8-14-20-16(22)10-12-18(25)26/h9-12H,1-8,13-14H2,(H,19,21)(H,20,22)(H,23,24)(H,25,26)/b11-9-,12-10?. The number of carboxylic acid groups (broad SMARTS) is 2. The highest BCUT2D eigenvalue weighted by molar-refractivity contribution is 5.94. The van der Waals surface area contributed by atoms with E-state index in [0.29, 0.717) is 13.1 Å². The zero-order valence-corrected chi connectivity index (χ0v) is 14.9. The summed E-state index contributed by atoms with van der Waals surface area (Å²) in [7, 11) is 0. The third-order valence-electron chi connectivity index (χ3n) is 3.46. The van der Waals surface area contributed by atoms with E-state index < -0.39 is 23.8 Å². The SMILES string of the molecule is O=C(O)C=CC(=O)NCCCCCCCCCCNC(=O)/C=C\C(=O)O. The van der Waals surface area contributed by atoms with E-state index in [0.717, 1.165) is 75.7 Å². The minimum atomic E-state index is -1.14. The Morgan fingerprint density at radius 2 is 0.846 bits per heavy atom. The first-order valence-corrected chi connectivity index (χ1v) is 8.79. The van der Waals surface area contributed by atoms with Crippen molar-refractivity contribution in [3.8, 4) is 0 Å². The Labute approximate surface area is 153 Å². The fraction of sp³-hybridized carbons (Fsp3) is 0.556. The molecule has 2 amide bonds. The van der Waals surface area contributed by atoms with Crippen LogP contribution in [-0.4, -0.2) is 47.1 Å². The second kappa shape index (κ2) is 15.9. The van der Waals surface area contributed by atoms with E-state index in [1.807, 2.05) is 0 Å². The topological polar surface area (TPSA) is 133 Å². The fourth-order valence-corrected chi connectivity index (χ4v) is 2.15. The fourth-order valence-electron chi connectivity index (χ4n) is 2.15. The Morgan fingerprint density at radius 1 is 0.538 bits per heavy atom. The number of carboxylic acids is 2. The van der Waals surface area contributed by atoms with Crippen LogP contribution in [0.15, 0.2) is 24.3 Å². The molecule has 0 saturated heterocycles. The van der Waals surface area contributed by atoms with Crippen molar-refractivity contribution in [1.29, 1.82) is 0 Å². The average molecular weight is 368 g/mol. The third kappa shape index (κ3) is 17.7. The van der Waals surface area contributed by atoms with Crippen LogP contribution < -0.4 is 10.6 Å². The molecule has 0 unspecified atom stereocenters. The summed E-state index contributed by atoms with van der Waals surface area (Å²) < 4.78 is 0. The minimum Gasteiger partial charge on any atom is -0.478 e. The van der Waals surface area contributed by atoms with Gasteiger partial charge in [-0.3, -0.25) is 9.59 Å². The van der Waals surface area contributed by atoms with Crippen molar-refractivity contribution in [1.82, 2.24) is 10.6 Å². The number of carbonyl (C=O) groups excluding carboxylic acids is 2. The quantitative estimate of drug-likeness (QED) is 0.256. The van der Waals surface area contributed by atoms with Gasteiger partial charge in [-0.1, -0.05) is 38.5 Å². The largest absolute Gasteiger partial charge is 0.478 e. The number of amides is 2. The van der Waals surface area contributed by atoms with E-state index in [4.69, 9.17) is 10.2 Å². The molecule has 0 atom stereocenters. The van der Waals surface area contributed by atoms with Gasteiger partial charge in [0.1, 0.15) is 0 Å². The molecule has 0 aromatic rings. The number of unbranched alkanes of at least 4 members (excludes halogenated alkanes) is 7. The molecule has 0 saturated carbocycles. The first-order valence-electron chi connectivity index (χ1n) is 8.79. The minimum absolute atomic E-state index is 0.391. The maximum absolute atomic E-state index is 11.2. The Bertz CT molecular complexity index is 468. The predicted octanol–water partition coefficient (Wildman–Crippen LogP) is 1.62. The first-order chi connectivity index (χ1) is 12.4. The maximum atomic E-state index is 11.2. The van der Waals surface area contributed by atoms with Crippen LogP contribution in [-0.2, 0) is 19.2 Å². The number of carbonyl (C=O) groups is 4. The molecule has 8 nitrogen and oxygen atoms in total. The summed E-state index contributed by atoms with van der Waals surface area (Å²) in [6, 6.07) is 0. The van der Waals surface area contributed by atoms with Gasteiger partial charge >= 0.3 is 11.9 Å². The van der Waals surface area contributed by atoms with E-state index in [1.165, 1.54) is 0 Å². The summed E-state index contributed by atoms with van der Waals surface area (Å²) in [5.74, 6) is -3.06. The Kier molecular flexibility index (Phi) is 14.3. The molecule has 0 aliphatic carbocycles. The molecule has 0 aromatic heterocycles. The molecule has 0 heterocycles. The summed E-state index contributed by atoms with van der Waals surface area (Å²) in [4.78, 5) is 42.9. The average Bonchev–Trinajstić information content (AvgIpc) is 2.59. The number of hydrogen-bond acceptors (Lipinski definition) is 4. The van der Waals surface area contributed by atoms with Gasteiger partial charge in [-0.15, -0.1) is 0 Å². The zero-order valence-electron chi connectivity index (χ0n) is 14.9. The van der Waals surface area contributed by atoms with Crippen LogP contribution in [0.5, 0.6) is 0 Å². The van der Waals surface area contributed by atoms with Gasteiger partial charge in [-0.2, -0.15) is 0 Å². The molecule has 146 valence electrons. The number of rotatable bonds is 15. The molecule has 0 rings (SSSR count). The lowest BCUT2D eigenvalue weighted by molar-refractivity contribution is -0.132. The third-order valence-corrected chi connectivity index (χ3v) is 3.46. The van der Waals surface area contributed by atoms with Crippen molar-refractivity contribution in [3.63, 3.8) is 0 Å². The maximum Gasteiger partial charge on any atom is 0.328 e. The molecule has 0 spiro atoms. The highest BCUT2D eigenvalue weighted by Crippen LogP contribution is 2.08. The van der Waals surface area contributed by atoms with Crippen molar-refractivity contribution >= 4 is 23.8 Å². The molecule has 4 N–H and O–H groups in total. The van der Waals surface area contributed by atoms with Gasteiger partial charge in [0.05, 0.1) is 0 Å². The van der Waals surface area contributed by atoms with E-state index in [1.54, 1.807) is 0 Å². The van der Waals surface area contributed by atoms with Gasteiger partial charge in [0, 0.05) is 37.4 Å². The summed E-state index contributed by atoms with van der Waals surface area (Å²) in [6.07, 6.45) is 11.8. The Morgan fingerprint density at radius 3 is 1.15 bits per heavy atom. The van der Waals surface area contributed by atoms with Crippen LogP contribution in [0.3, 0.4) is 0 Å². The van der Waals surface area contributed by atoms with Crippen molar-refractivity contribution in [2.75, 3.05) is 13.1 Å². The van der Waals surface area contributed by atoms with E-state index in [2.05, 4.69) is 10.6 Å². The molecule has 8 heteroatoms. The first kappa shape index (κ1) is 23.4. The Hall–Kier alpha value is -2.64. The predicted molar refractivity (Wildman–Crippen MR) is 96.5 cm³/mol. The van der Waals surface area contributed by atoms with Crippen molar-refractivity contribution in [2.24, 2.45) is 0 Å². The van der Waals surface area contributed by atoms with Crippen molar-refractivity contribution in [3.05, 3.63) is 24.3 Å². The van der Waals surface area contributed by atoms with Crippen LogP contribution in [0, 0.1) is 0 Å². The lowest BCUT2D eigenvalue weighted by Gasteiger charge is -2.04. The van der Waals surface area contributed by atoms with Crippen LogP contribution in [0.4, 0.5) is 0 Å². The molecule has 0 radical (unpaired) electrons. The molecule has 0 bridgehead atoms. The monoisotopic (exact) mass is 368 g/mol. The number of hydrogen-bond donors (Lipinski definition) is 4. The second-order valence-corrected chi connectivity index (χ2v) is 5.75. The second-order valence-electron chi connectivity index (χ2n) is 5.75. The van der Waals surface area contributed by atoms with Crippen molar-refractivity contribution < 1.29 is 29.4 Å². The molecular formula is C18H28N2O6. The summed E-state index contributed by atoms with van der Waals surface area (Å²) in [6.45, 7) is 1.08. The van der Waals surface area contributed by atoms with Gasteiger partial charge in [-0.05, 0) is 12.8 Å². The lowest BCUT2D eigenvalue weighted by Crippen LogP contribution is -2.22. The van der Waals surface area contributed by atoms with E-state index >= 15 is 0 Å². The smallest absolute Gasteiger partial charge is 0.328 e. The molecule has 0 aliphatic rings. The lowest BCUT2D eigenvalue weighted by atomic mass is 10.1.